The van der Waals surface area contributed by atoms with E-state index in [2.05, 4.69) is 229 Å². The van der Waals surface area contributed by atoms with Crippen molar-refractivity contribution in [1.82, 2.24) is 0 Å². The highest BCUT2D eigenvalue weighted by atomic mass is 16.3. The fourth-order valence-electron chi connectivity index (χ4n) is 8.68. The number of hydrogen-bond donors (Lipinski definition) is 0. The number of anilines is 3. The Morgan fingerprint density at radius 2 is 0.845 bits per heavy atom. The number of para-hydroxylation sites is 2. The minimum atomic E-state index is 0.885. The van der Waals surface area contributed by atoms with Crippen molar-refractivity contribution in [1.29, 1.82) is 0 Å². The van der Waals surface area contributed by atoms with Crippen molar-refractivity contribution < 1.29 is 4.42 Å². The molecule has 0 spiro atoms. The Morgan fingerprint density at radius 3 is 1.64 bits per heavy atom. The van der Waals surface area contributed by atoms with Crippen LogP contribution in [-0.4, -0.2) is 0 Å². The van der Waals surface area contributed by atoms with Crippen molar-refractivity contribution >= 4 is 60.5 Å². The zero-order chi connectivity index (χ0) is 38.4. The van der Waals surface area contributed by atoms with Gasteiger partial charge in [0.2, 0.25) is 0 Å². The second-order valence-corrected chi connectivity index (χ2v) is 14.9. The maximum absolute atomic E-state index is 6.82. The molecule has 0 aliphatic carbocycles. The van der Waals surface area contributed by atoms with E-state index in [9.17, 15) is 0 Å². The highest BCUT2D eigenvalue weighted by molar-refractivity contribution is 6.14. The Kier molecular flexibility index (Phi) is 8.19. The first-order valence-electron chi connectivity index (χ1n) is 19.8. The third kappa shape index (κ3) is 5.82. The fourth-order valence-corrected chi connectivity index (χ4v) is 8.68. The summed E-state index contributed by atoms with van der Waals surface area (Å²) in [5.41, 5.74) is 14.2. The number of fused-ring (bicyclic) bond motifs is 5. The van der Waals surface area contributed by atoms with Crippen molar-refractivity contribution in [3.05, 3.63) is 224 Å². The second-order valence-electron chi connectivity index (χ2n) is 14.9. The van der Waals surface area contributed by atoms with E-state index >= 15 is 0 Å². The average molecular weight is 740 g/mol. The van der Waals surface area contributed by atoms with Crippen LogP contribution in [0.1, 0.15) is 0 Å². The molecule has 1 heterocycles. The highest BCUT2D eigenvalue weighted by Crippen LogP contribution is 2.47. The molecule has 11 aromatic rings. The molecule has 0 bridgehead atoms. The first-order valence-corrected chi connectivity index (χ1v) is 19.8. The number of nitrogens with zero attached hydrogens (tertiary/aromatic N) is 1. The minimum absolute atomic E-state index is 0.885. The maximum Gasteiger partial charge on any atom is 0.143 e. The van der Waals surface area contributed by atoms with Gasteiger partial charge >= 0.3 is 0 Å². The summed E-state index contributed by atoms with van der Waals surface area (Å²) in [6.07, 6.45) is 0. The third-order valence-corrected chi connectivity index (χ3v) is 11.5. The molecular formula is C56H37NO. The van der Waals surface area contributed by atoms with E-state index in [-0.39, 0.29) is 0 Å². The van der Waals surface area contributed by atoms with E-state index in [0.717, 1.165) is 50.1 Å². The van der Waals surface area contributed by atoms with Crippen molar-refractivity contribution in [3.8, 4) is 44.5 Å². The van der Waals surface area contributed by atoms with E-state index in [4.69, 9.17) is 4.42 Å². The van der Waals surface area contributed by atoms with Gasteiger partial charge in [0.05, 0.1) is 5.69 Å². The Hall–Kier alpha value is -7.68. The molecule has 0 atom stereocenters. The summed E-state index contributed by atoms with van der Waals surface area (Å²) < 4.78 is 6.82. The monoisotopic (exact) mass is 739 g/mol. The summed E-state index contributed by atoms with van der Waals surface area (Å²) in [5.74, 6) is 0. The van der Waals surface area contributed by atoms with E-state index in [1.54, 1.807) is 0 Å². The lowest BCUT2D eigenvalue weighted by atomic mass is 9.93. The average Bonchev–Trinajstić information content (AvgIpc) is 3.67. The molecule has 58 heavy (non-hydrogen) atoms. The molecule has 2 nitrogen and oxygen atoms in total. The lowest BCUT2D eigenvalue weighted by Gasteiger charge is -2.29. The summed E-state index contributed by atoms with van der Waals surface area (Å²) in [6, 6.07) is 80.7. The Balaban J connectivity index is 1.13. The molecule has 272 valence electrons. The topological polar surface area (TPSA) is 16.4 Å². The van der Waals surface area contributed by atoms with Gasteiger partial charge in [0, 0.05) is 33.3 Å². The Bertz CT molecular complexity index is 3270. The van der Waals surface area contributed by atoms with Gasteiger partial charge in [-0.3, -0.25) is 0 Å². The third-order valence-electron chi connectivity index (χ3n) is 11.5. The van der Waals surface area contributed by atoms with Crippen molar-refractivity contribution in [3.63, 3.8) is 0 Å². The summed E-state index contributed by atoms with van der Waals surface area (Å²) in [6.45, 7) is 0. The van der Waals surface area contributed by atoms with Crippen LogP contribution in [0.3, 0.4) is 0 Å². The molecule has 0 radical (unpaired) electrons. The maximum atomic E-state index is 6.82. The highest BCUT2D eigenvalue weighted by Gasteiger charge is 2.22. The standard InChI is InChI=1S/C56H37NO/c1-3-15-38(16-4-1)48-34-33-45(37-52(48)40-17-5-2-6-18-40)57(44-31-29-41(30-32-44)47-25-13-22-39-19-9-10-23-46(39)47)54-28-12-11-24-49(54)50-26-14-27-51-53-35-42-20-7-8-21-43(42)36-55(53)58-56(50)51/h1-37H. The molecule has 0 saturated heterocycles. The summed E-state index contributed by atoms with van der Waals surface area (Å²) in [4.78, 5) is 2.40. The van der Waals surface area contributed by atoms with Gasteiger partial charge in [-0.05, 0) is 97.4 Å². The van der Waals surface area contributed by atoms with Gasteiger partial charge in [-0.25, -0.2) is 0 Å². The summed E-state index contributed by atoms with van der Waals surface area (Å²) >= 11 is 0. The SMILES string of the molecule is c1ccc(-c2ccc(N(c3ccc(-c4cccc5ccccc45)cc3)c3ccccc3-c3cccc4c3oc3cc5ccccc5cc34)cc2-c2ccccc2)cc1. The van der Waals surface area contributed by atoms with E-state index in [1.807, 2.05) is 0 Å². The predicted molar refractivity (Wildman–Crippen MR) is 245 cm³/mol. The van der Waals surface area contributed by atoms with Crippen LogP contribution in [0.2, 0.25) is 0 Å². The molecule has 0 aliphatic rings. The number of furan rings is 1. The van der Waals surface area contributed by atoms with Crippen LogP contribution in [0.5, 0.6) is 0 Å². The van der Waals surface area contributed by atoms with Gasteiger partial charge in [-0.15, -0.1) is 0 Å². The van der Waals surface area contributed by atoms with Gasteiger partial charge in [-0.2, -0.15) is 0 Å². The van der Waals surface area contributed by atoms with Crippen LogP contribution in [0, 0.1) is 0 Å². The molecule has 10 aromatic carbocycles. The smallest absolute Gasteiger partial charge is 0.143 e. The normalized spacial score (nSPS) is 11.4. The van der Waals surface area contributed by atoms with E-state index in [1.165, 1.54) is 54.9 Å². The zero-order valence-electron chi connectivity index (χ0n) is 31.7. The van der Waals surface area contributed by atoms with Crippen LogP contribution < -0.4 is 4.90 Å². The van der Waals surface area contributed by atoms with Crippen molar-refractivity contribution in [2.75, 3.05) is 4.90 Å². The van der Waals surface area contributed by atoms with Gasteiger partial charge in [0.1, 0.15) is 11.2 Å². The largest absolute Gasteiger partial charge is 0.455 e. The Morgan fingerprint density at radius 1 is 0.293 bits per heavy atom. The van der Waals surface area contributed by atoms with Crippen LogP contribution in [0.4, 0.5) is 17.1 Å². The van der Waals surface area contributed by atoms with Gasteiger partial charge < -0.3 is 9.32 Å². The molecule has 11 rings (SSSR count). The second kappa shape index (κ2) is 14.1. The minimum Gasteiger partial charge on any atom is -0.455 e. The molecule has 0 saturated carbocycles. The predicted octanol–water partition coefficient (Wildman–Crippen LogP) is 16.0. The lowest BCUT2D eigenvalue weighted by Crippen LogP contribution is -2.11. The molecular weight excluding hydrogens is 703 g/mol. The molecule has 0 fully saturated rings. The lowest BCUT2D eigenvalue weighted by molar-refractivity contribution is 0.670. The van der Waals surface area contributed by atoms with Crippen molar-refractivity contribution in [2.24, 2.45) is 0 Å². The van der Waals surface area contributed by atoms with E-state index < -0.39 is 0 Å². The van der Waals surface area contributed by atoms with Crippen molar-refractivity contribution in [2.45, 2.75) is 0 Å². The molecule has 1 aromatic heterocycles. The first-order chi connectivity index (χ1) is 28.8. The number of rotatable bonds is 7. The Labute approximate surface area is 337 Å². The quantitative estimate of drug-likeness (QED) is 0.162. The van der Waals surface area contributed by atoms with Crippen LogP contribution in [0.25, 0.3) is 88.0 Å². The zero-order valence-corrected chi connectivity index (χ0v) is 31.7. The van der Waals surface area contributed by atoms with Gasteiger partial charge in [0.25, 0.3) is 0 Å². The number of benzene rings is 10. The molecule has 2 heteroatoms. The summed E-state index contributed by atoms with van der Waals surface area (Å²) in [5, 5.41) is 7.09. The molecule has 0 amide bonds. The van der Waals surface area contributed by atoms with Crippen LogP contribution in [-0.2, 0) is 0 Å². The number of hydrogen-bond acceptors (Lipinski definition) is 2. The molecule has 0 N–H and O–H groups in total. The van der Waals surface area contributed by atoms with Gasteiger partial charge in [-0.1, -0.05) is 182 Å². The van der Waals surface area contributed by atoms with Gasteiger partial charge in [0.15, 0.2) is 0 Å². The first kappa shape index (κ1) is 33.6. The molecule has 0 unspecified atom stereocenters. The summed E-state index contributed by atoms with van der Waals surface area (Å²) in [7, 11) is 0. The fraction of sp³-hybridized carbons (Fsp3) is 0. The van der Waals surface area contributed by atoms with Crippen LogP contribution >= 0.6 is 0 Å². The molecule has 0 aliphatic heterocycles. The van der Waals surface area contributed by atoms with Crippen LogP contribution in [0.15, 0.2) is 229 Å². The van der Waals surface area contributed by atoms with E-state index in [0.29, 0.717) is 0 Å².